The van der Waals surface area contributed by atoms with Crippen LogP contribution in [-0.4, -0.2) is 64.7 Å². The normalized spacial score (nSPS) is 17.7. The van der Waals surface area contributed by atoms with Gasteiger partial charge in [-0.25, -0.2) is 0 Å². The van der Waals surface area contributed by atoms with Gasteiger partial charge in [-0.2, -0.15) is 0 Å². The predicted molar refractivity (Wildman–Crippen MR) is 100 cm³/mol. The first-order chi connectivity index (χ1) is 13.0. The van der Waals surface area contributed by atoms with Crippen molar-refractivity contribution >= 4 is 11.9 Å². The van der Waals surface area contributed by atoms with E-state index in [9.17, 15) is 9.59 Å². The number of carboxylic acids is 1. The van der Waals surface area contributed by atoms with Gasteiger partial charge in [0.15, 0.2) is 0 Å². The number of rotatable bonds is 5. The number of likely N-dealkylation sites (N-methyl/N-ethyl adjacent to an activating group) is 1. The minimum absolute atomic E-state index is 0.0154. The molecule has 0 aliphatic carbocycles. The molecule has 1 aliphatic heterocycles. The molecular weight excluding hydrogens is 346 g/mol. The topological polar surface area (TPSA) is 86.9 Å². The van der Waals surface area contributed by atoms with Crippen LogP contribution in [0.1, 0.15) is 35.4 Å². The lowest BCUT2D eigenvalue weighted by Gasteiger charge is -2.25. The molecule has 27 heavy (non-hydrogen) atoms. The molecule has 7 heteroatoms. The Kier molecular flexibility index (Phi) is 5.91. The zero-order chi connectivity index (χ0) is 19.4. The van der Waals surface area contributed by atoms with Crippen molar-refractivity contribution < 1.29 is 19.2 Å². The number of aromatic nitrogens is 1. The third-order valence-corrected chi connectivity index (χ3v) is 5.12. The predicted octanol–water partition coefficient (Wildman–Crippen LogP) is 2.66. The summed E-state index contributed by atoms with van der Waals surface area (Å²) >= 11 is 0. The summed E-state index contributed by atoms with van der Waals surface area (Å²) in [5, 5.41) is 13.1. The Morgan fingerprint density at radius 3 is 2.70 bits per heavy atom. The van der Waals surface area contributed by atoms with Crippen molar-refractivity contribution in [2.75, 3.05) is 26.7 Å². The van der Waals surface area contributed by atoms with Crippen LogP contribution in [-0.2, 0) is 4.79 Å². The van der Waals surface area contributed by atoms with Crippen LogP contribution in [0.3, 0.4) is 0 Å². The van der Waals surface area contributed by atoms with E-state index in [2.05, 4.69) is 5.16 Å². The molecule has 1 aromatic carbocycles. The SMILES string of the molecule is Cc1onc(-c2ccccc2)c1C(=O)N1CCCC(N(C)CC(=O)O)CC1. The van der Waals surface area contributed by atoms with Crippen LogP contribution in [0, 0.1) is 6.92 Å². The lowest BCUT2D eigenvalue weighted by atomic mass is 10.1. The number of aliphatic carboxylic acids is 1. The van der Waals surface area contributed by atoms with Crippen LogP contribution in [0.4, 0.5) is 0 Å². The number of nitrogens with zero attached hydrogens (tertiary/aromatic N) is 3. The largest absolute Gasteiger partial charge is 0.480 e. The van der Waals surface area contributed by atoms with E-state index in [1.54, 1.807) is 6.92 Å². The minimum atomic E-state index is -0.831. The lowest BCUT2D eigenvalue weighted by Crippen LogP contribution is -2.37. The van der Waals surface area contributed by atoms with Gasteiger partial charge in [-0.3, -0.25) is 14.5 Å². The Morgan fingerprint density at radius 1 is 1.26 bits per heavy atom. The zero-order valence-electron chi connectivity index (χ0n) is 15.7. The molecule has 0 saturated carbocycles. The molecule has 0 radical (unpaired) electrons. The second-order valence-corrected chi connectivity index (χ2v) is 7.01. The fraction of sp³-hybridized carbons (Fsp3) is 0.450. The van der Waals surface area contributed by atoms with Crippen molar-refractivity contribution in [3.8, 4) is 11.3 Å². The number of hydrogen-bond acceptors (Lipinski definition) is 5. The van der Waals surface area contributed by atoms with Gasteiger partial charge in [0.25, 0.3) is 5.91 Å². The number of amides is 1. The molecule has 2 aromatic rings. The van der Waals surface area contributed by atoms with E-state index in [-0.39, 0.29) is 18.5 Å². The van der Waals surface area contributed by atoms with Gasteiger partial charge in [0, 0.05) is 24.7 Å². The number of benzene rings is 1. The molecule has 1 aromatic heterocycles. The number of aryl methyl sites for hydroxylation is 1. The first kappa shape index (κ1) is 19.1. The average molecular weight is 371 g/mol. The Morgan fingerprint density at radius 2 is 2.00 bits per heavy atom. The highest BCUT2D eigenvalue weighted by Crippen LogP contribution is 2.27. The molecule has 1 N–H and O–H groups in total. The summed E-state index contributed by atoms with van der Waals surface area (Å²) in [6, 6.07) is 9.71. The molecule has 7 nitrogen and oxygen atoms in total. The summed E-state index contributed by atoms with van der Waals surface area (Å²) in [5.41, 5.74) is 1.94. The molecule has 1 unspecified atom stereocenters. The Balaban J connectivity index is 1.76. The van der Waals surface area contributed by atoms with Crippen LogP contribution >= 0.6 is 0 Å². The Labute approximate surface area is 158 Å². The summed E-state index contributed by atoms with van der Waals surface area (Å²) in [4.78, 5) is 27.8. The van der Waals surface area contributed by atoms with Gasteiger partial charge in [0.1, 0.15) is 17.0 Å². The highest BCUT2D eigenvalue weighted by atomic mass is 16.5. The minimum Gasteiger partial charge on any atom is -0.480 e. The van der Waals surface area contributed by atoms with Gasteiger partial charge in [0.2, 0.25) is 0 Å². The standard InChI is InChI=1S/C20H25N3O4/c1-14-18(19(21-27-14)15-7-4-3-5-8-15)20(26)23-11-6-9-16(10-12-23)22(2)13-17(24)25/h3-5,7-8,16H,6,9-13H2,1-2H3,(H,24,25). The molecule has 3 rings (SSSR count). The number of likely N-dealkylation sites (tertiary alicyclic amines) is 1. The van der Waals surface area contributed by atoms with Gasteiger partial charge in [-0.15, -0.1) is 0 Å². The first-order valence-corrected chi connectivity index (χ1v) is 9.20. The molecule has 1 fully saturated rings. The van der Waals surface area contributed by atoms with Crippen LogP contribution in [0.2, 0.25) is 0 Å². The summed E-state index contributed by atoms with van der Waals surface area (Å²) < 4.78 is 5.33. The molecule has 1 aliphatic rings. The molecule has 2 heterocycles. The van der Waals surface area contributed by atoms with E-state index in [1.165, 1.54) is 0 Å². The second-order valence-electron chi connectivity index (χ2n) is 7.01. The van der Waals surface area contributed by atoms with E-state index < -0.39 is 5.97 Å². The van der Waals surface area contributed by atoms with Gasteiger partial charge in [-0.05, 0) is 33.2 Å². The summed E-state index contributed by atoms with van der Waals surface area (Å²) in [6.07, 6.45) is 2.47. The van der Waals surface area contributed by atoms with Gasteiger partial charge in [-0.1, -0.05) is 35.5 Å². The van der Waals surface area contributed by atoms with E-state index in [1.807, 2.05) is 47.2 Å². The fourth-order valence-electron chi connectivity index (χ4n) is 3.64. The summed E-state index contributed by atoms with van der Waals surface area (Å²) in [5.74, 6) is -0.390. The third kappa shape index (κ3) is 4.36. The van der Waals surface area contributed by atoms with Crippen LogP contribution in [0.5, 0.6) is 0 Å². The van der Waals surface area contributed by atoms with Crippen molar-refractivity contribution in [1.82, 2.24) is 15.0 Å². The summed E-state index contributed by atoms with van der Waals surface area (Å²) in [6.45, 7) is 3.01. The summed E-state index contributed by atoms with van der Waals surface area (Å²) in [7, 11) is 1.83. The zero-order valence-corrected chi connectivity index (χ0v) is 15.7. The quantitative estimate of drug-likeness (QED) is 0.869. The average Bonchev–Trinajstić information content (AvgIpc) is 2.87. The van der Waals surface area contributed by atoms with Crippen molar-refractivity contribution in [1.29, 1.82) is 0 Å². The first-order valence-electron chi connectivity index (χ1n) is 9.20. The number of carboxylic acid groups (broad SMARTS) is 1. The molecule has 0 bridgehead atoms. The molecule has 0 spiro atoms. The van der Waals surface area contributed by atoms with Crippen molar-refractivity contribution in [3.63, 3.8) is 0 Å². The van der Waals surface area contributed by atoms with Crippen molar-refractivity contribution in [3.05, 3.63) is 41.7 Å². The maximum Gasteiger partial charge on any atom is 0.317 e. The monoisotopic (exact) mass is 371 g/mol. The number of carbonyl (C=O) groups excluding carboxylic acids is 1. The van der Waals surface area contributed by atoms with Crippen molar-refractivity contribution in [2.45, 2.75) is 32.2 Å². The maximum atomic E-state index is 13.2. The Bertz CT molecular complexity index is 803. The molecule has 1 saturated heterocycles. The smallest absolute Gasteiger partial charge is 0.317 e. The number of hydrogen-bond donors (Lipinski definition) is 1. The lowest BCUT2D eigenvalue weighted by molar-refractivity contribution is -0.138. The molecule has 1 atom stereocenters. The molecule has 144 valence electrons. The van der Waals surface area contributed by atoms with Gasteiger partial charge in [0.05, 0.1) is 6.54 Å². The van der Waals surface area contributed by atoms with E-state index in [0.29, 0.717) is 30.1 Å². The number of carbonyl (C=O) groups is 2. The molecular formula is C20H25N3O4. The van der Waals surface area contributed by atoms with E-state index in [4.69, 9.17) is 9.63 Å². The third-order valence-electron chi connectivity index (χ3n) is 5.12. The van der Waals surface area contributed by atoms with E-state index in [0.717, 1.165) is 24.8 Å². The Hall–Kier alpha value is -2.67. The van der Waals surface area contributed by atoms with Gasteiger partial charge < -0.3 is 14.5 Å². The van der Waals surface area contributed by atoms with E-state index >= 15 is 0 Å². The van der Waals surface area contributed by atoms with Crippen LogP contribution in [0.15, 0.2) is 34.9 Å². The fourth-order valence-corrected chi connectivity index (χ4v) is 3.64. The maximum absolute atomic E-state index is 13.2. The van der Waals surface area contributed by atoms with Crippen LogP contribution < -0.4 is 0 Å². The second kappa shape index (κ2) is 8.35. The van der Waals surface area contributed by atoms with Crippen LogP contribution in [0.25, 0.3) is 11.3 Å². The molecule has 1 amide bonds. The van der Waals surface area contributed by atoms with Crippen molar-refractivity contribution in [2.24, 2.45) is 0 Å². The van der Waals surface area contributed by atoms with Gasteiger partial charge >= 0.3 is 5.97 Å². The highest BCUT2D eigenvalue weighted by molar-refractivity contribution is 6.00. The highest BCUT2D eigenvalue weighted by Gasteiger charge is 2.29.